The van der Waals surface area contributed by atoms with Crippen LogP contribution >= 0.6 is 15.9 Å². The number of rotatable bonds is 15. The Morgan fingerprint density at radius 1 is 0.877 bits per heavy atom. The molecule has 1 aromatic heterocycles. The van der Waals surface area contributed by atoms with Gasteiger partial charge in [0.15, 0.2) is 0 Å². The summed E-state index contributed by atoms with van der Waals surface area (Å²) in [5.74, 6) is -2.61. The maximum atomic E-state index is 14.8. The van der Waals surface area contributed by atoms with Crippen LogP contribution < -0.4 is 10.4 Å². The third-order valence-electron chi connectivity index (χ3n) is 13.8. The summed E-state index contributed by atoms with van der Waals surface area (Å²) < 4.78 is 8.32. The monoisotopic (exact) mass is 953 g/mol. The standard InChI is InChI=1S/C54H60BrN3O6Si/c1-54(2,3)65(43-17-9-5-10-18-43,44-19-11-6-12-20-44)64-36-40-33-45-51(53(63)58(52(45)62)42-26-29-57(30-27-42)34-37-15-7-4-8-16-37)46(35-59)50(40)49(61)24-22-38(47-21-13-14-28-56-47)31-39-32-41(55)23-25-48(39)60/h4-21,23,25,28,31-32,42,45-46,49,51,59-61H,22,24,26-27,29-30,33-36H2,1-3H3/b38-31-/t45-,46+,49-,51-/m1/s1. The lowest BCUT2D eigenvalue weighted by molar-refractivity contribution is -0.144. The molecule has 2 aliphatic heterocycles. The van der Waals surface area contributed by atoms with Gasteiger partial charge in [-0.2, -0.15) is 0 Å². The lowest BCUT2D eigenvalue weighted by atomic mass is 9.68. The number of likely N-dealkylation sites (tertiary alicyclic amines) is 2. The summed E-state index contributed by atoms with van der Waals surface area (Å²) in [6, 6.07) is 41.7. The Morgan fingerprint density at radius 2 is 1.51 bits per heavy atom. The number of hydrogen-bond donors (Lipinski definition) is 3. The average molecular weight is 955 g/mol. The maximum Gasteiger partial charge on any atom is 0.261 e. The van der Waals surface area contributed by atoms with Crippen molar-refractivity contribution in [3.63, 3.8) is 0 Å². The molecule has 3 aliphatic rings. The average Bonchev–Trinajstić information content (AvgIpc) is 3.57. The van der Waals surface area contributed by atoms with E-state index in [0.29, 0.717) is 36.1 Å². The van der Waals surface area contributed by atoms with Crippen molar-refractivity contribution in [3.8, 4) is 5.75 Å². The van der Waals surface area contributed by atoms with Gasteiger partial charge in [-0.25, -0.2) is 0 Å². The summed E-state index contributed by atoms with van der Waals surface area (Å²) in [5.41, 5.74) is 4.68. The van der Waals surface area contributed by atoms with Crippen LogP contribution in [0.1, 0.15) is 69.7 Å². The van der Waals surface area contributed by atoms with E-state index in [1.165, 1.54) is 10.5 Å². The van der Waals surface area contributed by atoms with E-state index in [0.717, 1.165) is 45.6 Å². The topological polar surface area (TPSA) is 123 Å². The van der Waals surface area contributed by atoms with Crippen LogP contribution in [0.15, 0.2) is 149 Å². The zero-order chi connectivity index (χ0) is 45.7. The van der Waals surface area contributed by atoms with Crippen molar-refractivity contribution in [3.05, 3.63) is 166 Å². The van der Waals surface area contributed by atoms with Gasteiger partial charge in [-0.1, -0.05) is 134 Å². The summed E-state index contributed by atoms with van der Waals surface area (Å²) in [4.78, 5) is 38.1. The quantitative estimate of drug-likeness (QED) is 0.0544. The molecule has 0 spiro atoms. The number of aliphatic hydroxyl groups is 2. The molecule has 9 nitrogen and oxygen atoms in total. The van der Waals surface area contributed by atoms with Gasteiger partial charge in [0.25, 0.3) is 8.32 Å². The third-order valence-corrected chi connectivity index (χ3v) is 19.3. The van der Waals surface area contributed by atoms with Crippen molar-refractivity contribution in [2.75, 3.05) is 26.3 Å². The fraction of sp³-hybridized carbons (Fsp3) is 0.352. The first kappa shape index (κ1) is 46.5. The number of amides is 2. The summed E-state index contributed by atoms with van der Waals surface area (Å²) in [6.07, 6.45) is 4.71. The van der Waals surface area contributed by atoms with Crippen molar-refractivity contribution in [1.29, 1.82) is 0 Å². The number of allylic oxidation sites excluding steroid dienone is 1. The van der Waals surface area contributed by atoms with Crippen molar-refractivity contribution in [2.24, 2.45) is 17.8 Å². The molecular formula is C54H60BrN3O6Si. The van der Waals surface area contributed by atoms with Gasteiger partial charge in [0, 0.05) is 47.8 Å². The number of aromatic nitrogens is 1. The Hall–Kier alpha value is -5.01. The molecule has 2 fully saturated rings. The number of imide groups is 1. The van der Waals surface area contributed by atoms with E-state index in [1.54, 1.807) is 18.3 Å². The highest BCUT2D eigenvalue weighted by Crippen LogP contribution is 2.48. The second kappa shape index (κ2) is 20.2. The number of nitrogens with zero attached hydrogens (tertiary/aromatic N) is 3. The van der Waals surface area contributed by atoms with Gasteiger partial charge in [0.2, 0.25) is 11.8 Å². The molecule has 4 atom stereocenters. The predicted octanol–water partition coefficient (Wildman–Crippen LogP) is 8.38. The van der Waals surface area contributed by atoms with Gasteiger partial charge < -0.3 is 19.7 Å². The van der Waals surface area contributed by atoms with E-state index in [9.17, 15) is 24.9 Å². The largest absolute Gasteiger partial charge is 0.507 e. The Balaban J connectivity index is 1.15. The zero-order valence-electron chi connectivity index (χ0n) is 37.5. The minimum Gasteiger partial charge on any atom is -0.507 e. The Morgan fingerprint density at radius 3 is 2.11 bits per heavy atom. The number of piperidine rings is 1. The summed E-state index contributed by atoms with van der Waals surface area (Å²) in [6.45, 7) is 8.70. The molecule has 1 aliphatic carbocycles. The third kappa shape index (κ3) is 9.78. The normalized spacial score (nSPS) is 20.6. The van der Waals surface area contributed by atoms with E-state index in [2.05, 4.69) is 83.0 Å². The molecule has 0 bridgehead atoms. The van der Waals surface area contributed by atoms with Gasteiger partial charge in [-0.15, -0.1) is 0 Å². The van der Waals surface area contributed by atoms with Crippen LogP contribution in [0.2, 0.25) is 5.04 Å². The molecule has 0 unspecified atom stereocenters. The first-order chi connectivity index (χ1) is 31.4. The van der Waals surface area contributed by atoms with E-state index in [4.69, 9.17) is 4.43 Å². The molecule has 4 aromatic carbocycles. The van der Waals surface area contributed by atoms with Crippen LogP contribution in [-0.2, 0) is 20.6 Å². The molecule has 2 amide bonds. The van der Waals surface area contributed by atoms with Crippen LogP contribution in [0, 0.1) is 17.8 Å². The van der Waals surface area contributed by atoms with Crippen molar-refractivity contribution in [2.45, 2.75) is 76.6 Å². The first-order valence-electron chi connectivity index (χ1n) is 22.9. The number of carbonyl (C=O) groups is 2. The van der Waals surface area contributed by atoms with Crippen molar-refractivity contribution >= 4 is 58.1 Å². The molecule has 65 heavy (non-hydrogen) atoms. The summed E-state index contributed by atoms with van der Waals surface area (Å²) in [5, 5.41) is 36.8. The molecule has 3 heterocycles. The van der Waals surface area contributed by atoms with Crippen LogP contribution in [0.4, 0.5) is 0 Å². The molecular weight excluding hydrogens is 895 g/mol. The number of pyridine rings is 1. The molecule has 338 valence electrons. The van der Waals surface area contributed by atoms with Crippen LogP contribution in [-0.4, -0.2) is 88.7 Å². The number of hydrogen-bond acceptors (Lipinski definition) is 8. The number of phenols is 1. The van der Waals surface area contributed by atoms with Crippen molar-refractivity contribution in [1.82, 2.24) is 14.8 Å². The molecule has 11 heteroatoms. The van der Waals surface area contributed by atoms with Crippen molar-refractivity contribution < 1.29 is 29.3 Å². The number of carbonyl (C=O) groups excluding carboxylic acids is 2. The second-order valence-corrected chi connectivity index (χ2v) is 24.0. The zero-order valence-corrected chi connectivity index (χ0v) is 40.1. The minimum absolute atomic E-state index is 0.113. The number of halogens is 1. The highest BCUT2D eigenvalue weighted by molar-refractivity contribution is 9.10. The van der Waals surface area contributed by atoms with E-state index >= 15 is 0 Å². The lowest BCUT2D eigenvalue weighted by Crippen LogP contribution is -2.66. The summed E-state index contributed by atoms with van der Waals surface area (Å²) >= 11 is 3.53. The number of aliphatic hydroxyl groups excluding tert-OH is 2. The van der Waals surface area contributed by atoms with E-state index < -0.39 is 38.8 Å². The second-order valence-electron chi connectivity index (χ2n) is 18.8. The first-order valence-corrected chi connectivity index (χ1v) is 25.6. The molecule has 0 radical (unpaired) electrons. The Bertz CT molecular complexity index is 2450. The molecule has 0 saturated carbocycles. The maximum absolute atomic E-state index is 14.8. The van der Waals surface area contributed by atoms with Gasteiger partial charge in [-0.05, 0) is 106 Å². The predicted molar refractivity (Wildman–Crippen MR) is 263 cm³/mol. The van der Waals surface area contributed by atoms with Gasteiger partial charge in [0.1, 0.15) is 5.75 Å². The number of benzene rings is 4. The SMILES string of the molecule is CC(C)(C)[Si](OCC1=C([C@H](O)CC/C(=C/c2cc(Br)ccc2O)c2ccccn2)[C@H](CO)[C@@H]2C(=O)N(C3CCN(Cc4ccccc4)CC3)C(=O)[C@@H]2C1)(c1ccccc1)c1ccccc1. The fourth-order valence-electron chi connectivity index (χ4n) is 10.7. The number of fused-ring (bicyclic) bond motifs is 1. The molecule has 2 saturated heterocycles. The smallest absolute Gasteiger partial charge is 0.261 e. The van der Waals surface area contributed by atoms with Gasteiger partial charge >= 0.3 is 0 Å². The Kier molecular flexibility index (Phi) is 14.5. The van der Waals surface area contributed by atoms with Crippen LogP contribution in [0.25, 0.3) is 11.6 Å². The minimum atomic E-state index is -3.09. The summed E-state index contributed by atoms with van der Waals surface area (Å²) in [7, 11) is -3.09. The van der Waals surface area contributed by atoms with Gasteiger partial charge in [0.05, 0.1) is 36.8 Å². The van der Waals surface area contributed by atoms with Crippen LogP contribution in [0.3, 0.4) is 0 Å². The molecule has 3 N–H and O–H groups in total. The lowest BCUT2D eigenvalue weighted by Gasteiger charge is -2.44. The highest BCUT2D eigenvalue weighted by atomic mass is 79.9. The highest BCUT2D eigenvalue weighted by Gasteiger charge is 2.57. The van der Waals surface area contributed by atoms with E-state index in [-0.39, 0.29) is 48.1 Å². The fourth-order valence-corrected chi connectivity index (χ4v) is 15.6. The van der Waals surface area contributed by atoms with Gasteiger partial charge in [-0.3, -0.25) is 24.4 Å². The number of aromatic hydroxyl groups is 1. The molecule has 8 rings (SSSR count). The molecule has 5 aromatic rings. The van der Waals surface area contributed by atoms with Crippen LogP contribution in [0.5, 0.6) is 5.75 Å². The number of phenolic OH excluding ortho intramolecular Hbond substituents is 1. The van der Waals surface area contributed by atoms with E-state index in [1.807, 2.05) is 84.9 Å². The Labute approximate surface area is 392 Å².